The third kappa shape index (κ3) is 2.99. The van der Waals surface area contributed by atoms with E-state index in [4.69, 9.17) is 0 Å². The predicted molar refractivity (Wildman–Crippen MR) is 62.0 cm³/mol. The lowest BCUT2D eigenvalue weighted by molar-refractivity contribution is 0.602. The second-order valence-corrected chi connectivity index (χ2v) is 5.83. The van der Waals surface area contributed by atoms with E-state index in [9.17, 15) is 8.42 Å². The van der Waals surface area contributed by atoms with Crippen LogP contribution in [-0.2, 0) is 10.0 Å². The van der Waals surface area contributed by atoms with Gasteiger partial charge in [-0.05, 0) is 37.6 Å². The van der Waals surface area contributed by atoms with Gasteiger partial charge in [-0.15, -0.1) is 0 Å². The topological polar surface area (TPSA) is 46.2 Å². The highest BCUT2D eigenvalue weighted by molar-refractivity contribution is 9.10. The van der Waals surface area contributed by atoms with Crippen molar-refractivity contribution in [2.75, 3.05) is 10.5 Å². The van der Waals surface area contributed by atoms with Gasteiger partial charge in [0.15, 0.2) is 0 Å². The zero-order chi connectivity index (χ0) is 10.8. The number of halogens is 1. The van der Waals surface area contributed by atoms with Crippen molar-refractivity contribution in [1.82, 2.24) is 0 Å². The lowest BCUT2D eigenvalue weighted by atomic mass is 10.2. The van der Waals surface area contributed by atoms with Gasteiger partial charge in [0.25, 0.3) is 0 Å². The number of benzene rings is 1. The molecule has 1 N–H and O–H groups in total. The fraction of sp³-hybridized carbons (Fsp3) is 0.333. The molecule has 0 radical (unpaired) electrons. The van der Waals surface area contributed by atoms with Crippen LogP contribution >= 0.6 is 15.9 Å². The Morgan fingerprint density at radius 3 is 2.57 bits per heavy atom. The van der Waals surface area contributed by atoms with Gasteiger partial charge in [0.2, 0.25) is 10.0 Å². The maximum absolute atomic E-state index is 11.2. The number of nitrogens with one attached hydrogen (secondary N) is 1. The van der Waals surface area contributed by atoms with Crippen LogP contribution in [0.5, 0.6) is 0 Å². The maximum atomic E-state index is 11.2. The fourth-order valence-electron chi connectivity index (χ4n) is 0.960. The summed E-state index contributed by atoms with van der Waals surface area (Å²) >= 11 is 3.35. The monoisotopic (exact) mass is 277 g/mol. The van der Waals surface area contributed by atoms with E-state index in [1.165, 1.54) is 0 Å². The quantitative estimate of drug-likeness (QED) is 0.923. The molecule has 0 saturated carbocycles. The Balaban J connectivity index is 2.94. The molecule has 0 aliphatic rings. The summed E-state index contributed by atoms with van der Waals surface area (Å²) in [5.41, 5.74) is 1.61. The molecule has 0 atom stereocenters. The van der Waals surface area contributed by atoms with Gasteiger partial charge in [-0.25, -0.2) is 8.42 Å². The van der Waals surface area contributed by atoms with E-state index in [1.54, 1.807) is 19.1 Å². The van der Waals surface area contributed by atoms with Gasteiger partial charge in [0, 0.05) is 10.2 Å². The largest absolute Gasteiger partial charge is 0.284 e. The SMILES string of the molecule is CCS(=O)(=O)Nc1ccc(Br)c(C)c1. The van der Waals surface area contributed by atoms with Crippen molar-refractivity contribution in [3.8, 4) is 0 Å². The third-order valence-corrected chi connectivity index (χ3v) is 4.01. The number of hydrogen-bond acceptors (Lipinski definition) is 2. The van der Waals surface area contributed by atoms with Crippen LogP contribution in [0.3, 0.4) is 0 Å². The molecule has 0 saturated heterocycles. The molecule has 0 heterocycles. The van der Waals surface area contributed by atoms with Gasteiger partial charge >= 0.3 is 0 Å². The molecule has 0 fully saturated rings. The Labute approximate surface area is 92.7 Å². The highest BCUT2D eigenvalue weighted by Gasteiger charge is 2.06. The van der Waals surface area contributed by atoms with Crippen molar-refractivity contribution in [2.45, 2.75) is 13.8 Å². The van der Waals surface area contributed by atoms with Crippen LogP contribution in [0.2, 0.25) is 0 Å². The van der Waals surface area contributed by atoms with Crippen molar-refractivity contribution in [3.05, 3.63) is 28.2 Å². The van der Waals surface area contributed by atoms with Crippen LogP contribution in [0, 0.1) is 6.92 Å². The fourth-order valence-corrected chi connectivity index (χ4v) is 1.84. The lowest BCUT2D eigenvalue weighted by Gasteiger charge is -2.07. The summed E-state index contributed by atoms with van der Waals surface area (Å²) in [6.45, 7) is 3.52. The average Bonchev–Trinajstić information content (AvgIpc) is 2.11. The van der Waals surface area contributed by atoms with Gasteiger partial charge in [0.05, 0.1) is 5.75 Å². The van der Waals surface area contributed by atoms with Crippen LogP contribution in [0.25, 0.3) is 0 Å². The highest BCUT2D eigenvalue weighted by atomic mass is 79.9. The van der Waals surface area contributed by atoms with E-state index < -0.39 is 10.0 Å². The summed E-state index contributed by atoms with van der Waals surface area (Å²) < 4.78 is 25.9. The van der Waals surface area contributed by atoms with Gasteiger partial charge in [-0.3, -0.25) is 4.72 Å². The van der Waals surface area contributed by atoms with Gasteiger partial charge in [-0.2, -0.15) is 0 Å². The minimum atomic E-state index is -3.17. The molecule has 3 nitrogen and oxygen atoms in total. The van der Waals surface area contributed by atoms with Crippen LogP contribution in [0.15, 0.2) is 22.7 Å². The summed E-state index contributed by atoms with van der Waals surface area (Å²) in [5, 5.41) is 0. The zero-order valence-electron chi connectivity index (χ0n) is 8.04. The van der Waals surface area contributed by atoms with E-state index in [0.29, 0.717) is 5.69 Å². The molecular weight excluding hydrogens is 266 g/mol. The third-order valence-electron chi connectivity index (χ3n) is 1.81. The summed E-state index contributed by atoms with van der Waals surface area (Å²) in [5.74, 6) is 0.0854. The van der Waals surface area contributed by atoms with Crippen molar-refractivity contribution in [3.63, 3.8) is 0 Å². The van der Waals surface area contributed by atoms with Crippen LogP contribution in [0.1, 0.15) is 12.5 Å². The molecule has 0 amide bonds. The Kier molecular flexibility index (Phi) is 3.55. The first kappa shape index (κ1) is 11.5. The molecule has 5 heteroatoms. The van der Waals surface area contributed by atoms with Gasteiger partial charge in [0.1, 0.15) is 0 Å². The van der Waals surface area contributed by atoms with Crippen LogP contribution < -0.4 is 4.72 Å². The molecular formula is C9H12BrNO2S. The molecule has 1 aromatic rings. The Morgan fingerprint density at radius 1 is 1.43 bits per heavy atom. The van der Waals surface area contributed by atoms with E-state index in [1.807, 2.05) is 13.0 Å². The first-order valence-electron chi connectivity index (χ1n) is 4.21. The molecule has 0 bridgehead atoms. The van der Waals surface area contributed by atoms with E-state index in [2.05, 4.69) is 20.7 Å². The molecule has 78 valence electrons. The second-order valence-electron chi connectivity index (χ2n) is 2.97. The normalized spacial score (nSPS) is 11.4. The summed E-state index contributed by atoms with van der Waals surface area (Å²) in [6.07, 6.45) is 0. The standard InChI is InChI=1S/C9H12BrNO2S/c1-3-14(12,13)11-8-4-5-9(10)7(2)6-8/h4-6,11H,3H2,1-2H3. The second kappa shape index (κ2) is 4.31. The summed E-state index contributed by atoms with van der Waals surface area (Å²) in [6, 6.07) is 5.34. The minimum absolute atomic E-state index is 0.0854. The van der Waals surface area contributed by atoms with Crippen LogP contribution in [0.4, 0.5) is 5.69 Å². The Bertz CT molecular complexity index is 428. The number of sulfonamides is 1. The first-order chi connectivity index (χ1) is 6.44. The van der Waals surface area contributed by atoms with E-state index in [-0.39, 0.29) is 5.75 Å². The number of hydrogen-bond donors (Lipinski definition) is 1. The summed E-state index contributed by atoms with van der Waals surface area (Å²) in [4.78, 5) is 0. The van der Waals surface area contributed by atoms with Crippen LogP contribution in [-0.4, -0.2) is 14.2 Å². The molecule has 14 heavy (non-hydrogen) atoms. The molecule has 1 aromatic carbocycles. The molecule has 1 rings (SSSR count). The van der Waals surface area contributed by atoms with Crippen molar-refractivity contribution in [2.24, 2.45) is 0 Å². The molecule has 0 aliphatic carbocycles. The number of rotatable bonds is 3. The number of aryl methyl sites for hydroxylation is 1. The van der Waals surface area contributed by atoms with E-state index in [0.717, 1.165) is 10.0 Å². The average molecular weight is 278 g/mol. The summed E-state index contributed by atoms with van der Waals surface area (Å²) in [7, 11) is -3.17. The maximum Gasteiger partial charge on any atom is 0.232 e. The highest BCUT2D eigenvalue weighted by Crippen LogP contribution is 2.20. The van der Waals surface area contributed by atoms with Gasteiger partial charge in [-0.1, -0.05) is 15.9 Å². The van der Waals surface area contributed by atoms with Crippen molar-refractivity contribution in [1.29, 1.82) is 0 Å². The lowest BCUT2D eigenvalue weighted by Crippen LogP contribution is -2.14. The van der Waals surface area contributed by atoms with Gasteiger partial charge < -0.3 is 0 Å². The number of anilines is 1. The Morgan fingerprint density at radius 2 is 2.07 bits per heavy atom. The molecule has 0 aliphatic heterocycles. The van der Waals surface area contributed by atoms with Crippen molar-refractivity contribution < 1.29 is 8.42 Å². The predicted octanol–water partition coefficient (Wildman–Crippen LogP) is 2.52. The van der Waals surface area contributed by atoms with Crippen molar-refractivity contribution >= 4 is 31.6 Å². The van der Waals surface area contributed by atoms with E-state index >= 15 is 0 Å². The molecule has 0 spiro atoms. The smallest absolute Gasteiger partial charge is 0.232 e. The molecule has 0 aromatic heterocycles. The molecule has 0 unspecified atom stereocenters. The Hall–Kier alpha value is -0.550. The first-order valence-corrected chi connectivity index (χ1v) is 6.66. The zero-order valence-corrected chi connectivity index (χ0v) is 10.4. The minimum Gasteiger partial charge on any atom is -0.284 e.